The van der Waals surface area contributed by atoms with E-state index < -0.39 is 179 Å². The number of ether oxygens (including phenoxy) is 12. The molecule has 0 amide bonds. The lowest BCUT2D eigenvalue weighted by Gasteiger charge is -2.58. The minimum Gasteiger partial charge on any atom is -0.394 e. The molecule has 84 heavy (non-hydrogen) atoms. The zero-order valence-electron chi connectivity index (χ0n) is 49.3. The summed E-state index contributed by atoms with van der Waals surface area (Å²) >= 11 is 0. The van der Waals surface area contributed by atoms with Crippen molar-refractivity contribution in [2.24, 2.45) is 46.3 Å². The predicted molar refractivity (Wildman–Crippen MR) is 285 cm³/mol. The van der Waals surface area contributed by atoms with Crippen LogP contribution in [0.1, 0.15) is 106 Å². The molecule has 0 radical (unpaired) electrons. The summed E-state index contributed by atoms with van der Waals surface area (Å²) in [6.45, 7) is 12.4. The Kier molecular flexibility index (Phi) is 20.1. The summed E-state index contributed by atoms with van der Waals surface area (Å²) in [5.74, 6) is 0.707. The van der Waals surface area contributed by atoms with Gasteiger partial charge in [0.05, 0.1) is 50.3 Å². The monoisotopic (exact) mass is 1210 g/mol. The highest BCUT2D eigenvalue weighted by atomic mass is 16.8. The van der Waals surface area contributed by atoms with Crippen molar-refractivity contribution in [3.8, 4) is 0 Å². The lowest BCUT2D eigenvalue weighted by Crippen LogP contribution is -2.67. The first-order chi connectivity index (χ1) is 39.7. The number of aliphatic hydroxyl groups excluding tert-OH is 14. The van der Waals surface area contributed by atoms with Gasteiger partial charge >= 0.3 is 0 Å². The summed E-state index contributed by atoms with van der Waals surface area (Å²) in [7, 11) is 1.71. The van der Waals surface area contributed by atoms with Gasteiger partial charge in [-0.25, -0.2) is 0 Å². The van der Waals surface area contributed by atoms with Crippen LogP contribution < -0.4 is 0 Å². The molecule has 26 nitrogen and oxygen atoms in total. The Morgan fingerprint density at radius 1 is 0.571 bits per heavy atom. The van der Waals surface area contributed by atoms with Gasteiger partial charge in [-0.05, 0) is 113 Å². The Balaban J connectivity index is 0.792. The molecular weight excluding hydrogens is 1110 g/mol. The van der Waals surface area contributed by atoms with E-state index in [4.69, 9.17) is 56.8 Å². The van der Waals surface area contributed by atoms with Crippen LogP contribution in [0.3, 0.4) is 0 Å². The third kappa shape index (κ3) is 11.8. The molecule has 10 aliphatic rings. The minimum atomic E-state index is -1.88. The van der Waals surface area contributed by atoms with Crippen LogP contribution in [-0.2, 0) is 56.8 Å². The first-order valence-corrected chi connectivity index (χ1v) is 30.5. The second-order valence-corrected chi connectivity index (χ2v) is 26.8. The van der Waals surface area contributed by atoms with Crippen molar-refractivity contribution in [2.75, 3.05) is 26.9 Å². The maximum absolute atomic E-state index is 12.3. The van der Waals surface area contributed by atoms with Gasteiger partial charge in [0, 0.05) is 19.4 Å². The molecule has 484 valence electrons. The van der Waals surface area contributed by atoms with Gasteiger partial charge in [0.15, 0.2) is 37.2 Å². The first kappa shape index (κ1) is 65.6. The number of rotatable bonds is 17. The molecule has 14 N–H and O–H groups in total. The summed E-state index contributed by atoms with van der Waals surface area (Å²) in [6.07, 6.45) is -28.2. The van der Waals surface area contributed by atoms with E-state index in [0.29, 0.717) is 43.4 Å². The fraction of sp³-hybridized carbons (Fsp3) is 0.966. The minimum absolute atomic E-state index is 0.000235. The smallest absolute Gasteiger partial charge is 0.187 e. The summed E-state index contributed by atoms with van der Waals surface area (Å²) in [4.78, 5) is 0. The van der Waals surface area contributed by atoms with E-state index in [2.05, 4.69) is 26.8 Å². The maximum Gasteiger partial charge on any atom is 0.187 e. The molecule has 6 aliphatic heterocycles. The van der Waals surface area contributed by atoms with Gasteiger partial charge in [0.1, 0.15) is 104 Å². The van der Waals surface area contributed by atoms with Crippen LogP contribution in [0.2, 0.25) is 0 Å². The number of methoxy groups -OCH3 is 1. The second-order valence-electron chi connectivity index (χ2n) is 26.8. The van der Waals surface area contributed by atoms with Crippen LogP contribution in [0.4, 0.5) is 0 Å². The highest BCUT2D eigenvalue weighted by Crippen LogP contribution is 2.70. The van der Waals surface area contributed by atoms with Crippen LogP contribution in [0.5, 0.6) is 0 Å². The molecule has 26 heteroatoms. The summed E-state index contributed by atoms with van der Waals surface area (Å²) < 4.78 is 73.6. The molecule has 0 aromatic carbocycles. The number of hydrogen-bond donors (Lipinski definition) is 14. The molecule has 0 spiro atoms. The van der Waals surface area contributed by atoms with E-state index in [1.807, 2.05) is 6.92 Å². The van der Waals surface area contributed by atoms with E-state index in [9.17, 15) is 71.5 Å². The van der Waals surface area contributed by atoms with Gasteiger partial charge < -0.3 is 128 Å². The Morgan fingerprint density at radius 2 is 1.13 bits per heavy atom. The molecule has 10 rings (SSSR count). The van der Waals surface area contributed by atoms with Gasteiger partial charge in [-0.3, -0.25) is 0 Å². The van der Waals surface area contributed by atoms with Gasteiger partial charge in [0.2, 0.25) is 0 Å². The van der Waals surface area contributed by atoms with Crippen molar-refractivity contribution in [1.29, 1.82) is 0 Å². The van der Waals surface area contributed by atoms with Gasteiger partial charge in [0.25, 0.3) is 0 Å². The highest BCUT2D eigenvalue weighted by Gasteiger charge is 2.69. The molecule has 0 bridgehead atoms. The normalized spacial score (nSPS) is 55.3. The lowest BCUT2D eigenvalue weighted by atomic mass is 9.47. The number of allylic oxidation sites excluding steroid dienone is 1. The lowest BCUT2D eigenvalue weighted by molar-refractivity contribution is -0.394. The molecule has 6 saturated heterocycles. The third-order valence-electron chi connectivity index (χ3n) is 21.8. The molecule has 4 aliphatic carbocycles. The van der Waals surface area contributed by atoms with Gasteiger partial charge in [-0.2, -0.15) is 0 Å². The standard InChI is InChI=1S/C58H96O26/c1-22(21-74-51-43(68)41(66)38(63)33(19-59)79-51)11-16-58(73-8)23(2)35-32(84-58)18-31-29-10-9-27-17-28(12-14-56(27,6)30(29)13-15-57(31,35)7)78-55-50(83-53-45(70)40(65)37(62)25(4)76-53)47(72)49(34(20-60)80-55)82-54-46(71)42(67)48(26(5)77-54)81-52-44(69)39(64)36(61)24(3)75-52/h9,22-26,28-55,59-72H,10-21H2,1-8H3/t22-,23+,24+,25+,26+,28?,29-,30+,31+,32+,33-,34-,35+,36+,37+,38-,39-,40-,41+,42+,43-,44-,45-,46-,47+,48+,49-,50-,51-,52+,53+,54+,55-,56+,57+,58?/m1/s1. The average Bonchev–Trinajstić information content (AvgIpc) is 1.99. The fourth-order valence-corrected chi connectivity index (χ4v) is 16.7. The van der Waals surface area contributed by atoms with Crippen LogP contribution >= 0.6 is 0 Å². The van der Waals surface area contributed by atoms with Crippen molar-refractivity contribution in [3.63, 3.8) is 0 Å². The zero-order valence-corrected chi connectivity index (χ0v) is 49.3. The van der Waals surface area contributed by atoms with E-state index in [0.717, 1.165) is 32.1 Å². The molecule has 0 aromatic rings. The van der Waals surface area contributed by atoms with Gasteiger partial charge in [-0.15, -0.1) is 0 Å². The third-order valence-corrected chi connectivity index (χ3v) is 21.8. The summed E-state index contributed by atoms with van der Waals surface area (Å²) in [6, 6.07) is 0. The van der Waals surface area contributed by atoms with E-state index >= 15 is 0 Å². The SMILES string of the molecule is COC1(CC[C@@H](C)CO[C@@H]2O[C@H](CO)[C@@H](O)[C@H](O)[C@H]2O)O[C@H]2C[C@H]3[C@@H]4CC=C5CC(O[C@@H]6O[C@H](CO)[C@@H](O[C@@H]7O[C@@H](C)[C@H](O[C@@H]8O[C@@H](C)[C@H](O)[C@@H](O)[C@H]8O)[C@@H](O)[C@H]7O)[C@H](O)[C@H]6O[C@@H]6O[C@@H](C)[C@H](O)[C@@H](O)[C@H]6O)CC[C@]5(C)[C@H]4CC[C@]3(C)[C@H]2[C@@H]1C. The van der Waals surface area contributed by atoms with Crippen LogP contribution in [-0.4, -0.2) is 270 Å². The van der Waals surface area contributed by atoms with E-state index in [1.165, 1.54) is 26.3 Å². The van der Waals surface area contributed by atoms with Crippen molar-refractivity contribution in [3.05, 3.63) is 11.6 Å². The van der Waals surface area contributed by atoms with E-state index in [1.54, 1.807) is 7.11 Å². The Hall–Kier alpha value is -1.30. The maximum atomic E-state index is 12.3. The van der Waals surface area contributed by atoms with Crippen molar-refractivity contribution in [1.82, 2.24) is 0 Å². The fourth-order valence-electron chi connectivity index (χ4n) is 16.7. The van der Waals surface area contributed by atoms with Crippen LogP contribution in [0.15, 0.2) is 11.6 Å². The average molecular weight is 1210 g/mol. The Labute approximate surface area is 489 Å². The van der Waals surface area contributed by atoms with Crippen LogP contribution in [0.25, 0.3) is 0 Å². The van der Waals surface area contributed by atoms with Gasteiger partial charge in [-0.1, -0.05) is 39.3 Å². The largest absolute Gasteiger partial charge is 0.394 e. The summed E-state index contributed by atoms with van der Waals surface area (Å²) in [5.41, 5.74) is 1.09. The molecule has 0 aromatic heterocycles. The van der Waals surface area contributed by atoms with E-state index in [-0.39, 0.29) is 41.3 Å². The Morgan fingerprint density at radius 3 is 1.75 bits per heavy atom. The molecule has 36 atom stereocenters. The zero-order chi connectivity index (χ0) is 60.8. The summed E-state index contributed by atoms with van der Waals surface area (Å²) in [5, 5.41) is 150. The molecule has 6 heterocycles. The molecular formula is C58H96O26. The topological polar surface area (TPSA) is 394 Å². The van der Waals surface area contributed by atoms with Crippen LogP contribution in [0, 0.1) is 46.3 Å². The number of hydrogen-bond acceptors (Lipinski definition) is 26. The quantitative estimate of drug-likeness (QED) is 0.0671. The Bertz CT molecular complexity index is 2220. The van der Waals surface area contributed by atoms with Crippen molar-refractivity contribution < 1.29 is 128 Å². The number of aliphatic hydroxyl groups is 14. The second kappa shape index (κ2) is 25.8. The number of fused-ring (bicyclic) bond motifs is 7. The van der Waals surface area contributed by atoms with Crippen molar-refractivity contribution >= 4 is 0 Å². The highest BCUT2D eigenvalue weighted by molar-refractivity contribution is 5.26. The van der Waals surface area contributed by atoms with Crippen molar-refractivity contribution in [2.45, 2.75) is 278 Å². The molecule has 2 unspecified atom stereocenters. The first-order valence-electron chi connectivity index (χ1n) is 30.5. The molecule has 9 fully saturated rings. The predicted octanol–water partition coefficient (Wildman–Crippen LogP) is -2.47. The molecule has 3 saturated carbocycles.